The first-order chi connectivity index (χ1) is 10.7. The van der Waals surface area contributed by atoms with E-state index >= 15 is 0 Å². The quantitative estimate of drug-likeness (QED) is 0.457. The summed E-state index contributed by atoms with van der Waals surface area (Å²) in [6.45, 7) is 1.94. The molecule has 0 saturated heterocycles. The summed E-state index contributed by atoms with van der Waals surface area (Å²) in [6.07, 6.45) is 2.98. The second-order valence-corrected chi connectivity index (χ2v) is 4.75. The lowest BCUT2D eigenvalue weighted by molar-refractivity contribution is -0.134. The summed E-state index contributed by atoms with van der Waals surface area (Å²) in [4.78, 5) is 15.8. The standard InChI is InChI=1S/C18H19NO3/c1-3-4-18(20)22-17-9-5-14(6-10-17)13-19-15-7-11-16(21-2)12-8-15/h5-13H,3-4H2,1-2H3/b19-13+. The first-order valence-electron chi connectivity index (χ1n) is 7.20. The maximum Gasteiger partial charge on any atom is 0.311 e. The Hall–Kier alpha value is -2.62. The molecule has 0 atom stereocenters. The molecule has 4 heteroatoms. The van der Waals surface area contributed by atoms with Gasteiger partial charge in [0.25, 0.3) is 0 Å². The molecule has 22 heavy (non-hydrogen) atoms. The molecular formula is C18H19NO3. The van der Waals surface area contributed by atoms with E-state index in [0.29, 0.717) is 12.2 Å². The fourth-order valence-electron chi connectivity index (χ4n) is 1.83. The SMILES string of the molecule is CCCC(=O)Oc1ccc(/C=N/c2ccc(OC)cc2)cc1. The van der Waals surface area contributed by atoms with E-state index in [0.717, 1.165) is 23.4 Å². The highest BCUT2D eigenvalue weighted by atomic mass is 16.5. The van der Waals surface area contributed by atoms with Crippen LogP contribution in [0.5, 0.6) is 11.5 Å². The molecule has 4 nitrogen and oxygen atoms in total. The number of benzene rings is 2. The molecule has 2 aromatic rings. The van der Waals surface area contributed by atoms with Crippen molar-refractivity contribution in [2.24, 2.45) is 4.99 Å². The van der Waals surface area contributed by atoms with E-state index in [1.54, 1.807) is 25.5 Å². The first kappa shape index (κ1) is 15.8. The van der Waals surface area contributed by atoms with E-state index < -0.39 is 0 Å². The van der Waals surface area contributed by atoms with Crippen molar-refractivity contribution in [2.75, 3.05) is 7.11 Å². The van der Waals surface area contributed by atoms with Gasteiger partial charge in [-0.1, -0.05) is 6.92 Å². The minimum Gasteiger partial charge on any atom is -0.497 e. The molecule has 2 aromatic carbocycles. The number of hydrogen-bond donors (Lipinski definition) is 0. The molecule has 0 aromatic heterocycles. The molecular weight excluding hydrogens is 278 g/mol. The van der Waals surface area contributed by atoms with Crippen molar-refractivity contribution in [1.29, 1.82) is 0 Å². The van der Waals surface area contributed by atoms with Gasteiger partial charge in [0.2, 0.25) is 0 Å². The van der Waals surface area contributed by atoms with Crippen molar-refractivity contribution in [3.05, 3.63) is 54.1 Å². The van der Waals surface area contributed by atoms with Gasteiger partial charge in [-0.25, -0.2) is 0 Å². The third kappa shape index (κ3) is 4.74. The zero-order valence-electron chi connectivity index (χ0n) is 12.8. The number of aliphatic imine (C=N–C) groups is 1. The third-order valence-corrected chi connectivity index (χ3v) is 3.00. The van der Waals surface area contributed by atoms with Crippen LogP contribution in [0.25, 0.3) is 0 Å². The first-order valence-corrected chi connectivity index (χ1v) is 7.20. The van der Waals surface area contributed by atoms with Gasteiger partial charge in [-0.2, -0.15) is 0 Å². The Labute approximate surface area is 130 Å². The summed E-state index contributed by atoms with van der Waals surface area (Å²) in [5.41, 5.74) is 1.78. The molecule has 0 aliphatic heterocycles. The van der Waals surface area contributed by atoms with Crippen LogP contribution in [0, 0.1) is 0 Å². The smallest absolute Gasteiger partial charge is 0.311 e. The lowest BCUT2D eigenvalue weighted by Crippen LogP contribution is -2.06. The van der Waals surface area contributed by atoms with Crippen LogP contribution in [-0.2, 0) is 4.79 Å². The summed E-state index contributed by atoms with van der Waals surface area (Å²) >= 11 is 0. The van der Waals surface area contributed by atoms with Gasteiger partial charge in [0, 0.05) is 12.6 Å². The molecule has 0 bridgehead atoms. The second-order valence-electron chi connectivity index (χ2n) is 4.75. The highest BCUT2D eigenvalue weighted by Gasteiger charge is 2.02. The van der Waals surface area contributed by atoms with Gasteiger partial charge >= 0.3 is 5.97 Å². The molecule has 0 saturated carbocycles. The third-order valence-electron chi connectivity index (χ3n) is 3.00. The Morgan fingerprint density at radius 2 is 1.68 bits per heavy atom. The van der Waals surface area contributed by atoms with Gasteiger partial charge in [0.05, 0.1) is 12.8 Å². The summed E-state index contributed by atoms with van der Waals surface area (Å²) in [7, 11) is 1.63. The van der Waals surface area contributed by atoms with Crippen molar-refractivity contribution in [3.63, 3.8) is 0 Å². The van der Waals surface area contributed by atoms with Crippen LogP contribution in [0.15, 0.2) is 53.5 Å². The number of rotatable bonds is 6. The highest BCUT2D eigenvalue weighted by Crippen LogP contribution is 2.18. The lowest BCUT2D eigenvalue weighted by Gasteiger charge is -2.03. The van der Waals surface area contributed by atoms with Crippen molar-refractivity contribution >= 4 is 17.9 Å². The zero-order valence-corrected chi connectivity index (χ0v) is 12.8. The van der Waals surface area contributed by atoms with E-state index in [1.807, 2.05) is 43.3 Å². The molecule has 0 amide bonds. The van der Waals surface area contributed by atoms with Gasteiger partial charge in [0.15, 0.2) is 0 Å². The van der Waals surface area contributed by atoms with E-state index in [2.05, 4.69) is 4.99 Å². The Balaban J connectivity index is 1.97. The molecule has 114 valence electrons. The fraction of sp³-hybridized carbons (Fsp3) is 0.222. The van der Waals surface area contributed by atoms with Gasteiger partial charge < -0.3 is 9.47 Å². The van der Waals surface area contributed by atoms with Crippen LogP contribution in [0.4, 0.5) is 5.69 Å². The lowest BCUT2D eigenvalue weighted by atomic mass is 10.2. The Morgan fingerprint density at radius 1 is 1.05 bits per heavy atom. The second kappa shape index (κ2) is 7.98. The number of hydrogen-bond acceptors (Lipinski definition) is 4. The maximum atomic E-state index is 11.4. The summed E-state index contributed by atoms with van der Waals surface area (Å²) in [5, 5.41) is 0. The van der Waals surface area contributed by atoms with Gasteiger partial charge in [-0.15, -0.1) is 0 Å². The van der Waals surface area contributed by atoms with Crippen LogP contribution in [-0.4, -0.2) is 19.3 Å². The van der Waals surface area contributed by atoms with Crippen molar-refractivity contribution in [1.82, 2.24) is 0 Å². The minimum atomic E-state index is -0.206. The van der Waals surface area contributed by atoms with Crippen molar-refractivity contribution in [2.45, 2.75) is 19.8 Å². The number of carbonyl (C=O) groups is 1. The summed E-state index contributed by atoms with van der Waals surface area (Å²) in [6, 6.07) is 14.8. The molecule has 2 rings (SSSR count). The van der Waals surface area contributed by atoms with Crippen molar-refractivity contribution in [3.8, 4) is 11.5 Å². The molecule has 0 aliphatic carbocycles. The summed E-state index contributed by atoms with van der Waals surface area (Å²) < 4.78 is 10.3. The average molecular weight is 297 g/mol. The molecule has 0 aliphatic rings. The van der Waals surface area contributed by atoms with Crippen molar-refractivity contribution < 1.29 is 14.3 Å². The van der Waals surface area contributed by atoms with E-state index in [-0.39, 0.29) is 5.97 Å². The zero-order chi connectivity index (χ0) is 15.8. The van der Waals surface area contributed by atoms with E-state index in [1.165, 1.54) is 0 Å². The topological polar surface area (TPSA) is 47.9 Å². The van der Waals surface area contributed by atoms with Crippen LogP contribution >= 0.6 is 0 Å². The fourth-order valence-corrected chi connectivity index (χ4v) is 1.83. The van der Waals surface area contributed by atoms with Crippen LogP contribution < -0.4 is 9.47 Å². The average Bonchev–Trinajstić information content (AvgIpc) is 2.55. The van der Waals surface area contributed by atoms with E-state index in [4.69, 9.17) is 9.47 Å². The van der Waals surface area contributed by atoms with Crippen LogP contribution in [0.1, 0.15) is 25.3 Å². The van der Waals surface area contributed by atoms with Gasteiger partial charge in [0.1, 0.15) is 11.5 Å². The number of esters is 1. The molecule has 0 radical (unpaired) electrons. The Bertz CT molecular complexity index is 630. The number of nitrogens with zero attached hydrogens (tertiary/aromatic N) is 1. The molecule has 0 fully saturated rings. The van der Waals surface area contributed by atoms with Crippen LogP contribution in [0.3, 0.4) is 0 Å². The monoisotopic (exact) mass is 297 g/mol. The minimum absolute atomic E-state index is 0.206. The molecule has 0 heterocycles. The predicted molar refractivity (Wildman–Crippen MR) is 87.2 cm³/mol. The molecule has 0 unspecified atom stereocenters. The largest absolute Gasteiger partial charge is 0.497 e. The molecule has 0 spiro atoms. The predicted octanol–water partition coefficient (Wildman–Crippen LogP) is 4.15. The maximum absolute atomic E-state index is 11.4. The van der Waals surface area contributed by atoms with Gasteiger partial charge in [-0.3, -0.25) is 9.79 Å². The Kier molecular flexibility index (Phi) is 5.72. The van der Waals surface area contributed by atoms with E-state index in [9.17, 15) is 4.79 Å². The van der Waals surface area contributed by atoms with Crippen LogP contribution in [0.2, 0.25) is 0 Å². The number of ether oxygens (including phenoxy) is 2. The number of carbonyl (C=O) groups excluding carboxylic acids is 1. The summed E-state index contributed by atoms with van der Waals surface area (Å²) in [5.74, 6) is 1.15. The highest BCUT2D eigenvalue weighted by molar-refractivity contribution is 5.82. The number of methoxy groups -OCH3 is 1. The Morgan fingerprint density at radius 3 is 2.27 bits per heavy atom. The van der Waals surface area contributed by atoms with Gasteiger partial charge in [-0.05, 0) is 60.5 Å². The molecule has 0 N–H and O–H groups in total. The normalized spacial score (nSPS) is 10.6.